The summed E-state index contributed by atoms with van der Waals surface area (Å²) in [5.74, 6) is 0.152. The smallest absolute Gasteiger partial charge is 0.231 e. The Labute approximate surface area is 160 Å². The third-order valence-electron chi connectivity index (χ3n) is 5.17. The van der Waals surface area contributed by atoms with Crippen molar-refractivity contribution in [1.82, 2.24) is 0 Å². The summed E-state index contributed by atoms with van der Waals surface area (Å²) < 4.78 is 0. The molecule has 3 aromatic rings. The van der Waals surface area contributed by atoms with Crippen molar-refractivity contribution in [2.24, 2.45) is 0 Å². The highest BCUT2D eigenvalue weighted by Gasteiger charge is 2.33. The third-order valence-corrected chi connectivity index (χ3v) is 5.17. The van der Waals surface area contributed by atoms with E-state index < -0.39 is 0 Å². The molecule has 27 heavy (non-hydrogen) atoms. The summed E-state index contributed by atoms with van der Waals surface area (Å²) in [7, 11) is 0. The zero-order valence-electron chi connectivity index (χ0n) is 15.5. The summed E-state index contributed by atoms with van der Waals surface area (Å²) in [6.45, 7) is 2.14. The number of carbonyl (C=O) groups is 1. The fraction of sp³-hybridized carbons (Fsp3) is 0.208. The molecule has 0 aromatic heterocycles. The quantitative estimate of drug-likeness (QED) is 0.696. The summed E-state index contributed by atoms with van der Waals surface area (Å²) >= 11 is 0. The number of anilines is 2. The van der Waals surface area contributed by atoms with Gasteiger partial charge in [-0.2, -0.15) is 0 Å². The van der Waals surface area contributed by atoms with Crippen LogP contribution in [0.3, 0.4) is 0 Å². The van der Waals surface area contributed by atoms with Crippen LogP contribution in [0.5, 0.6) is 0 Å². The van der Waals surface area contributed by atoms with Crippen LogP contribution in [0.2, 0.25) is 0 Å². The Bertz CT molecular complexity index is 908. The second-order valence-electron chi connectivity index (χ2n) is 7.13. The van der Waals surface area contributed by atoms with Crippen LogP contribution in [-0.4, -0.2) is 11.9 Å². The van der Waals surface area contributed by atoms with Gasteiger partial charge in [0.25, 0.3) is 0 Å². The molecule has 0 unspecified atom stereocenters. The van der Waals surface area contributed by atoms with Crippen LogP contribution < -0.4 is 10.2 Å². The van der Waals surface area contributed by atoms with E-state index in [2.05, 4.69) is 36.5 Å². The van der Waals surface area contributed by atoms with Gasteiger partial charge >= 0.3 is 0 Å². The molecular formula is C24H24N2O. The maximum Gasteiger partial charge on any atom is 0.231 e. The lowest BCUT2D eigenvalue weighted by molar-refractivity contribution is -0.118. The molecule has 1 amide bonds. The monoisotopic (exact) mass is 356 g/mol. The Hall–Kier alpha value is -3.07. The predicted molar refractivity (Wildman–Crippen MR) is 111 cm³/mol. The Morgan fingerprint density at radius 3 is 2.30 bits per heavy atom. The fourth-order valence-electron chi connectivity index (χ4n) is 3.92. The molecule has 0 saturated carbocycles. The molecule has 0 spiro atoms. The van der Waals surface area contributed by atoms with Gasteiger partial charge in [0, 0.05) is 17.4 Å². The fourth-order valence-corrected chi connectivity index (χ4v) is 3.92. The number of para-hydroxylation sites is 2. The van der Waals surface area contributed by atoms with Crippen LogP contribution in [0, 0.1) is 0 Å². The molecule has 3 heteroatoms. The van der Waals surface area contributed by atoms with Crippen molar-refractivity contribution in [2.75, 3.05) is 10.2 Å². The predicted octanol–water partition coefficient (Wildman–Crippen LogP) is 5.21. The number of nitrogens with zero attached hydrogens (tertiary/aromatic N) is 1. The summed E-state index contributed by atoms with van der Waals surface area (Å²) in [5, 5.41) is 3.64. The molecule has 4 rings (SSSR count). The lowest BCUT2D eigenvalue weighted by Crippen LogP contribution is -2.45. The first-order chi connectivity index (χ1) is 13.2. The number of amides is 1. The first kappa shape index (κ1) is 17.3. The Kier molecular flexibility index (Phi) is 4.93. The highest BCUT2D eigenvalue weighted by molar-refractivity contribution is 5.96. The number of benzene rings is 3. The van der Waals surface area contributed by atoms with E-state index in [1.165, 1.54) is 5.56 Å². The molecule has 0 bridgehead atoms. The van der Waals surface area contributed by atoms with Gasteiger partial charge in [0.15, 0.2) is 0 Å². The van der Waals surface area contributed by atoms with E-state index in [1.54, 1.807) is 0 Å². The van der Waals surface area contributed by atoms with E-state index in [4.69, 9.17) is 0 Å². The average Bonchev–Trinajstić information content (AvgIpc) is 2.69. The summed E-state index contributed by atoms with van der Waals surface area (Å²) in [4.78, 5) is 15.1. The van der Waals surface area contributed by atoms with Crippen molar-refractivity contribution < 1.29 is 4.79 Å². The van der Waals surface area contributed by atoms with E-state index in [-0.39, 0.29) is 18.0 Å². The minimum absolute atomic E-state index is 0.136. The number of hydrogen-bond donors (Lipinski definition) is 1. The lowest BCUT2D eigenvalue weighted by atomic mass is 9.91. The van der Waals surface area contributed by atoms with Gasteiger partial charge in [-0.1, -0.05) is 66.7 Å². The molecule has 0 aliphatic carbocycles. The molecule has 0 fully saturated rings. The van der Waals surface area contributed by atoms with Gasteiger partial charge < -0.3 is 10.2 Å². The number of hydrogen-bond acceptors (Lipinski definition) is 2. The van der Waals surface area contributed by atoms with Crippen molar-refractivity contribution in [2.45, 2.75) is 31.8 Å². The normalized spacial score (nSPS) is 18.6. The molecule has 0 saturated heterocycles. The minimum Gasteiger partial charge on any atom is -0.378 e. The molecule has 3 nitrogen and oxygen atoms in total. The number of carbonyl (C=O) groups excluding carboxylic acids is 1. The highest BCUT2D eigenvalue weighted by atomic mass is 16.2. The van der Waals surface area contributed by atoms with Crippen molar-refractivity contribution in [3.8, 4) is 0 Å². The summed E-state index contributed by atoms with van der Waals surface area (Å²) in [6, 6.07) is 28.8. The molecule has 3 aromatic carbocycles. The van der Waals surface area contributed by atoms with Crippen LogP contribution in [0.15, 0.2) is 84.9 Å². The standard InChI is InChI=1S/C24H24N2O/c1-18-16-22(25-20-12-6-3-7-13-20)21-14-8-9-15-23(21)26(18)24(27)17-19-10-4-2-5-11-19/h2-15,18,22,25H,16-17H2,1H3/t18-,22-/m0/s1. The summed E-state index contributed by atoms with van der Waals surface area (Å²) in [5.41, 5.74) is 4.36. The molecule has 1 aliphatic heterocycles. The van der Waals surface area contributed by atoms with E-state index >= 15 is 0 Å². The van der Waals surface area contributed by atoms with E-state index in [0.29, 0.717) is 6.42 Å². The molecule has 1 aliphatic rings. The Balaban J connectivity index is 1.62. The van der Waals surface area contributed by atoms with E-state index in [0.717, 1.165) is 23.4 Å². The second-order valence-corrected chi connectivity index (χ2v) is 7.13. The maximum absolute atomic E-state index is 13.1. The van der Waals surface area contributed by atoms with Crippen LogP contribution in [0.4, 0.5) is 11.4 Å². The van der Waals surface area contributed by atoms with Gasteiger partial charge in [0.2, 0.25) is 5.91 Å². The molecule has 1 N–H and O–H groups in total. The van der Waals surface area contributed by atoms with Crippen molar-refractivity contribution in [3.05, 3.63) is 96.1 Å². The van der Waals surface area contributed by atoms with Crippen LogP contribution in [0.25, 0.3) is 0 Å². The van der Waals surface area contributed by atoms with Gasteiger partial charge in [-0.25, -0.2) is 0 Å². The zero-order chi connectivity index (χ0) is 18.6. The van der Waals surface area contributed by atoms with Crippen molar-refractivity contribution >= 4 is 17.3 Å². The van der Waals surface area contributed by atoms with Gasteiger partial charge in [0.1, 0.15) is 0 Å². The number of rotatable bonds is 4. The minimum atomic E-state index is 0.136. The SMILES string of the molecule is C[C@H]1C[C@H](Nc2ccccc2)c2ccccc2N1C(=O)Cc1ccccc1. The van der Waals surface area contributed by atoms with Crippen LogP contribution >= 0.6 is 0 Å². The maximum atomic E-state index is 13.1. The molecule has 1 heterocycles. The molecule has 136 valence electrons. The topological polar surface area (TPSA) is 32.3 Å². The van der Waals surface area contributed by atoms with E-state index in [9.17, 15) is 4.79 Å². The largest absolute Gasteiger partial charge is 0.378 e. The molecular weight excluding hydrogens is 332 g/mol. The van der Waals surface area contributed by atoms with Gasteiger partial charge in [-0.15, -0.1) is 0 Å². The van der Waals surface area contributed by atoms with E-state index in [1.807, 2.05) is 65.6 Å². The van der Waals surface area contributed by atoms with Crippen LogP contribution in [0.1, 0.15) is 30.5 Å². The summed E-state index contributed by atoms with van der Waals surface area (Å²) in [6.07, 6.45) is 1.31. The lowest BCUT2D eigenvalue weighted by Gasteiger charge is -2.40. The molecule has 2 atom stereocenters. The average molecular weight is 356 g/mol. The van der Waals surface area contributed by atoms with Crippen molar-refractivity contribution in [3.63, 3.8) is 0 Å². The Morgan fingerprint density at radius 1 is 0.926 bits per heavy atom. The zero-order valence-corrected chi connectivity index (χ0v) is 15.5. The van der Waals surface area contributed by atoms with Gasteiger partial charge in [0.05, 0.1) is 12.5 Å². The van der Waals surface area contributed by atoms with Gasteiger partial charge in [-0.05, 0) is 42.7 Å². The molecule has 0 radical (unpaired) electrons. The van der Waals surface area contributed by atoms with Crippen molar-refractivity contribution in [1.29, 1.82) is 0 Å². The third kappa shape index (κ3) is 3.72. The Morgan fingerprint density at radius 2 is 1.56 bits per heavy atom. The number of fused-ring (bicyclic) bond motifs is 1. The first-order valence-electron chi connectivity index (χ1n) is 9.49. The van der Waals surface area contributed by atoms with Gasteiger partial charge in [-0.3, -0.25) is 4.79 Å². The number of nitrogens with one attached hydrogen (secondary N) is 1. The first-order valence-corrected chi connectivity index (χ1v) is 9.49. The second kappa shape index (κ2) is 7.67. The van der Waals surface area contributed by atoms with Crippen LogP contribution in [-0.2, 0) is 11.2 Å². The highest BCUT2D eigenvalue weighted by Crippen LogP contribution is 2.39.